The third-order valence-electron chi connectivity index (χ3n) is 3.47. The summed E-state index contributed by atoms with van der Waals surface area (Å²) in [6.07, 6.45) is 0. The topological polar surface area (TPSA) is 61.8 Å². The minimum atomic E-state index is 0.283. The second kappa shape index (κ2) is 7.15. The van der Waals surface area contributed by atoms with Crippen LogP contribution in [0.25, 0.3) is 0 Å². The molecule has 0 radical (unpaired) electrons. The molecule has 0 aromatic heterocycles. The summed E-state index contributed by atoms with van der Waals surface area (Å²) in [6, 6.07) is 10.1. The molecule has 0 bridgehead atoms. The molecule has 0 aliphatic heterocycles. The third kappa shape index (κ3) is 4.14. The first-order chi connectivity index (χ1) is 8.58. The van der Waals surface area contributed by atoms with Gasteiger partial charge in [0.15, 0.2) is 0 Å². The van der Waals surface area contributed by atoms with Gasteiger partial charge in [-0.1, -0.05) is 26.0 Å². The molecular weight excluding hydrogens is 222 g/mol. The zero-order valence-corrected chi connectivity index (χ0v) is 11.5. The van der Waals surface area contributed by atoms with Crippen molar-refractivity contribution in [2.24, 2.45) is 17.6 Å². The lowest BCUT2D eigenvalue weighted by molar-refractivity contribution is 0.356. The van der Waals surface area contributed by atoms with Crippen LogP contribution in [0.1, 0.15) is 37.9 Å². The summed E-state index contributed by atoms with van der Waals surface area (Å²) >= 11 is 0. The summed E-state index contributed by atoms with van der Waals surface area (Å²) in [5.41, 5.74) is 7.66. The molecule has 1 aromatic carbocycles. The van der Waals surface area contributed by atoms with Gasteiger partial charge in [-0.15, -0.1) is 0 Å². The van der Waals surface area contributed by atoms with Crippen LogP contribution in [0.3, 0.4) is 0 Å². The Morgan fingerprint density at radius 3 is 2.28 bits per heavy atom. The fourth-order valence-corrected chi connectivity index (χ4v) is 1.88. The highest BCUT2D eigenvalue weighted by molar-refractivity contribution is 5.32. The van der Waals surface area contributed by atoms with Crippen molar-refractivity contribution in [3.8, 4) is 6.07 Å². The number of nitrogens with two attached hydrogens (primary N) is 1. The van der Waals surface area contributed by atoms with E-state index in [4.69, 9.17) is 11.0 Å². The summed E-state index contributed by atoms with van der Waals surface area (Å²) in [4.78, 5) is 0. The lowest BCUT2D eigenvalue weighted by Gasteiger charge is -2.22. The predicted molar refractivity (Wildman–Crippen MR) is 75.0 cm³/mol. The molecule has 0 fully saturated rings. The average Bonchev–Trinajstić information content (AvgIpc) is 2.39. The van der Waals surface area contributed by atoms with Crippen molar-refractivity contribution in [1.29, 1.82) is 5.26 Å². The first-order valence-electron chi connectivity index (χ1n) is 6.52. The predicted octanol–water partition coefficient (Wildman–Crippen LogP) is 2.44. The van der Waals surface area contributed by atoms with Crippen molar-refractivity contribution in [1.82, 2.24) is 5.32 Å². The monoisotopic (exact) mass is 245 g/mol. The van der Waals surface area contributed by atoms with E-state index in [9.17, 15) is 0 Å². The zero-order valence-electron chi connectivity index (χ0n) is 11.5. The van der Waals surface area contributed by atoms with Gasteiger partial charge < -0.3 is 11.1 Å². The van der Waals surface area contributed by atoms with Crippen LogP contribution in [0.5, 0.6) is 0 Å². The highest BCUT2D eigenvalue weighted by atomic mass is 14.9. The van der Waals surface area contributed by atoms with E-state index in [1.54, 1.807) is 0 Å². The Labute approximate surface area is 110 Å². The molecule has 18 heavy (non-hydrogen) atoms. The van der Waals surface area contributed by atoms with Gasteiger partial charge in [0, 0.05) is 6.04 Å². The molecule has 0 saturated carbocycles. The molecule has 98 valence electrons. The Balaban J connectivity index is 2.54. The number of rotatable bonds is 6. The number of nitrogens with one attached hydrogen (secondary N) is 1. The van der Waals surface area contributed by atoms with Crippen LogP contribution < -0.4 is 11.1 Å². The van der Waals surface area contributed by atoms with Gasteiger partial charge in [-0.2, -0.15) is 5.26 Å². The normalized spacial score (nSPS) is 14.2. The van der Waals surface area contributed by atoms with Crippen molar-refractivity contribution in [2.75, 3.05) is 13.1 Å². The lowest BCUT2D eigenvalue weighted by Crippen LogP contribution is -2.33. The van der Waals surface area contributed by atoms with Crippen LogP contribution in [-0.4, -0.2) is 13.1 Å². The molecule has 2 atom stereocenters. The Bertz CT molecular complexity index is 389. The number of hydrogen-bond donors (Lipinski definition) is 2. The van der Waals surface area contributed by atoms with Crippen LogP contribution in [0, 0.1) is 23.2 Å². The summed E-state index contributed by atoms with van der Waals surface area (Å²) in [6.45, 7) is 8.17. The van der Waals surface area contributed by atoms with Crippen molar-refractivity contribution >= 4 is 0 Å². The quantitative estimate of drug-likeness (QED) is 0.809. The van der Waals surface area contributed by atoms with Gasteiger partial charge in [-0.3, -0.25) is 0 Å². The van der Waals surface area contributed by atoms with Gasteiger partial charge in [0.05, 0.1) is 11.6 Å². The molecule has 1 aromatic rings. The second-order valence-corrected chi connectivity index (χ2v) is 5.10. The van der Waals surface area contributed by atoms with Gasteiger partial charge in [-0.25, -0.2) is 0 Å². The van der Waals surface area contributed by atoms with Crippen molar-refractivity contribution in [3.63, 3.8) is 0 Å². The van der Waals surface area contributed by atoms with Gasteiger partial charge in [0.1, 0.15) is 0 Å². The molecule has 0 aliphatic rings. The number of nitrogens with zero attached hydrogens (tertiary/aromatic N) is 1. The Hall–Kier alpha value is -1.37. The van der Waals surface area contributed by atoms with Gasteiger partial charge in [-0.05, 0) is 49.5 Å². The van der Waals surface area contributed by atoms with Gasteiger partial charge >= 0.3 is 0 Å². The van der Waals surface area contributed by atoms with Crippen LogP contribution >= 0.6 is 0 Å². The van der Waals surface area contributed by atoms with E-state index in [0.717, 1.165) is 6.54 Å². The summed E-state index contributed by atoms with van der Waals surface area (Å²) < 4.78 is 0. The van der Waals surface area contributed by atoms with E-state index in [1.807, 2.05) is 24.3 Å². The summed E-state index contributed by atoms with van der Waals surface area (Å²) in [5, 5.41) is 12.3. The highest BCUT2D eigenvalue weighted by Crippen LogP contribution is 2.15. The van der Waals surface area contributed by atoms with Crippen molar-refractivity contribution in [3.05, 3.63) is 35.4 Å². The van der Waals surface area contributed by atoms with E-state index in [0.29, 0.717) is 23.9 Å². The lowest BCUT2D eigenvalue weighted by atomic mass is 9.95. The maximum absolute atomic E-state index is 8.76. The third-order valence-corrected chi connectivity index (χ3v) is 3.47. The fraction of sp³-hybridized carbons (Fsp3) is 0.533. The van der Waals surface area contributed by atoms with E-state index in [2.05, 4.69) is 32.2 Å². The standard InChI is InChI=1S/C15H23N3/c1-11(2)15(9-17)10-18-12(3)14-6-4-13(8-16)5-7-14/h4-7,11-12,15,18H,9-10,17H2,1-3H3. The van der Waals surface area contributed by atoms with Crippen LogP contribution in [0.2, 0.25) is 0 Å². The molecule has 3 N–H and O–H groups in total. The van der Waals surface area contributed by atoms with Gasteiger partial charge in [0.2, 0.25) is 0 Å². The molecule has 1 rings (SSSR count). The molecule has 0 spiro atoms. The minimum absolute atomic E-state index is 0.283. The maximum atomic E-state index is 8.76. The molecule has 0 aliphatic carbocycles. The van der Waals surface area contributed by atoms with E-state index in [1.165, 1.54) is 5.56 Å². The van der Waals surface area contributed by atoms with Crippen LogP contribution in [-0.2, 0) is 0 Å². The molecule has 0 amide bonds. The SMILES string of the molecule is CC(NCC(CN)C(C)C)c1ccc(C#N)cc1. The first kappa shape index (κ1) is 14.7. The summed E-state index contributed by atoms with van der Waals surface area (Å²) in [7, 11) is 0. The molecule has 2 unspecified atom stereocenters. The van der Waals surface area contributed by atoms with E-state index in [-0.39, 0.29) is 6.04 Å². The van der Waals surface area contributed by atoms with Crippen molar-refractivity contribution in [2.45, 2.75) is 26.8 Å². The Kier molecular flexibility index (Phi) is 5.84. The first-order valence-corrected chi connectivity index (χ1v) is 6.52. The fourth-order valence-electron chi connectivity index (χ4n) is 1.88. The average molecular weight is 245 g/mol. The van der Waals surface area contributed by atoms with Crippen LogP contribution in [0.4, 0.5) is 0 Å². The van der Waals surface area contributed by atoms with Gasteiger partial charge in [0.25, 0.3) is 0 Å². The smallest absolute Gasteiger partial charge is 0.0991 e. The van der Waals surface area contributed by atoms with E-state index < -0.39 is 0 Å². The van der Waals surface area contributed by atoms with E-state index >= 15 is 0 Å². The number of hydrogen-bond acceptors (Lipinski definition) is 3. The Morgan fingerprint density at radius 1 is 1.22 bits per heavy atom. The van der Waals surface area contributed by atoms with Crippen molar-refractivity contribution < 1.29 is 0 Å². The number of benzene rings is 1. The Morgan fingerprint density at radius 2 is 1.83 bits per heavy atom. The summed E-state index contributed by atoms with van der Waals surface area (Å²) in [5.74, 6) is 1.10. The molecule has 0 saturated heterocycles. The molecule has 3 nitrogen and oxygen atoms in total. The minimum Gasteiger partial charge on any atom is -0.330 e. The molecule has 0 heterocycles. The highest BCUT2D eigenvalue weighted by Gasteiger charge is 2.13. The molecule has 3 heteroatoms. The maximum Gasteiger partial charge on any atom is 0.0991 e. The molecular formula is C15H23N3. The largest absolute Gasteiger partial charge is 0.330 e. The van der Waals surface area contributed by atoms with Crippen LogP contribution in [0.15, 0.2) is 24.3 Å². The zero-order chi connectivity index (χ0) is 13.5. The second-order valence-electron chi connectivity index (χ2n) is 5.10. The number of nitriles is 1.